The average molecular weight is 465 g/mol. The van der Waals surface area contributed by atoms with Crippen LogP contribution in [0.15, 0.2) is 30.1 Å². The maximum atomic E-state index is 12.5. The number of hydrogen-bond donors (Lipinski definition) is 1. The van der Waals surface area contributed by atoms with Gasteiger partial charge in [0.25, 0.3) is 5.91 Å². The van der Waals surface area contributed by atoms with Crippen LogP contribution in [0.1, 0.15) is 48.8 Å². The number of hydrazine groups is 1. The number of nitrogens with zero attached hydrogens (tertiary/aromatic N) is 5. The summed E-state index contributed by atoms with van der Waals surface area (Å²) in [6.45, 7) is 5.49. The Kier molecular flexibility index (Phi) is 4.01. The molecule has 0 atom stereocenters. The van der Waals surface area contributed by atoms with Crippen LogP contribution >= 0.6 is 11.3 Å². The molecule has 1 saturated carbocycles. The molecule has 2 saturated heterocycles. The van der Waals surface area contributed by atoms with E-state index in [0.717, 1.165) is 28.5 Å². The van der Waals surface area contributed by atoms with Gasteiger partial charge in [0.05, 0.1) is 16.8 Å². The molecule has 3 aromatic heterocycles. The third kappa shape index (κ3) is 3.35. The third-order valence-electron chi connectivity index (χ3n) is 5.34. The van der Waals surface area contributed by atoms with Crippen LogP contribution in [0.5, 0.6) is 0 Å². The molecule has 0 bridgehead atoms. The molecule has 1 aliphatic carbocycles. The smallest absolute Gasteiger partial charge is 0.371 e. The summed E-state index contributed by atoms with van der Waals surface area (Å²) in [7, 11) is 0. The molecule has 5 heterocycles. The fourth-order valence-corrected chi connectivity index (χ4v) is 4.45. The average Bonchev–Trinajstić information content (AvgIpc) is 3.52. The van der Waals surface area contributed by atoms with Crippen LogP contribution in [0.3, 0.4) is 0 Å². The lowest BCUT2D eigenvalue weighted by Crippen LogP contribution is -2.32. The Balaban J connectivity index is 1.40. The van der Waals surface area contributed by atoms with Crippen LogP contribution in [0.25, 0.3) is 22.3 Å². The van der Waals surface area contributed by atoms with Crippen molar-refractivity contribution in [2.24, 2.45) is 0 Å². The standard InChI is InChI=1S/C22H20N6O4S/c1-22(2,3)32-20(30)16-7-6-15(33-16)13-9-17(24-12-4-5-12)26-18(25-13)11(10-23-26)8-14-19(29)28-21(31)27(14)28/h6-10,12,24H,4-5H2,1-3H3/b14-8-. The number of nitrogens with one attached hydrogen (secondary N) is 1. The first-order valence-electron chi connectivity index (χ1n) is 10.6. The number of aromatic nitrogens is 3. The van der Waals surface area contributed by atoms with Gasteiger partial charge in [-0.25, -0.2) is 14.6 Å². The number of anilines is 1. The molecule has 3 amide bonds. The van der Waals surface area contributed by atoms with E-state index in [1.807, 2.05) is 32.9 Å². The minimum Gasteiger partial charge on any atom is -0.456 e. The van der Waals surface area contributed by atoms with Crippen LogP contribution < -0.4 is 5.32 Å². The highest BCUT2D eigenvalue weighted by atomic mass is 32.1. The molecule has 0 spiro atoms. The van der Waals surface area contributed by atoms with Gasteiger partial charge in [0.15, 0.2) is 5.65 Å². The van der Waals surface area contributed by atoms with Crippen LogP contribution in [0, 0.1) is 0 Å². The Bertz CT molecular complexity index is 1390. The second-order valence-corrected chi connectivity index (χ2v) is 10.3. The van der Waals surface area contributed by atoms with Crippen molar-refractivity contribution in [1.29, 1.82) is 0 Å². The molecule has 2 aliphatic heterocycles. The van der Waals surface area contributed by atoms with Crippen molar-refractivity contribution in [2.75, 3.05) is 5.32 Å². The number of thiophene rings is 1. The largest absolute Gasteiger partial charge is 0.456 e. The molecule has 3 aromatic rings. The van der Waals surface area contributed by atoms with E-state index in [-0.39, 0.29) is 17.9 Å². The van der Waals surface area contributed by atoms with Gasteiger partial charge in [0.1, 0.15) is 22.0 Å². The molecule has 3 aliphatic rings. The minimum absolute atomic E-state index is 0.308. The summed E-state index contributed by atoms with van der Waals surface area (Å²) in [5.74, 6) is 0.0768. The van der Waals surface area contributed by atoms with Gasteiger partial charge in [-0.3, -0.25) is 4.79 Å². The van der Waals surface area contributed by atoms with Crippen molar-refractivity contribution in [3.8, 4) is 10.6 Å². The number of carbonyl (C=O) groups is 3. The van der Waals surface area contributed by atoms with E-state index in [2.05, 4.69) is 10.4 Å². The van der Waals surface area contributed by atoms with Gasteiger partial charge in [-0.05, 0) is 51.8 Å². The number of urea groups is 1. The van der Waals surface area contributed by atoms with Gasteiger partial charge in [-0.15, -0.1) is 11.3 Å². The summed E-state index contributed by atoms with van der Waals surface area (Å²) < 4.78 is 7.17. The minimum atomic E-state index is -0.576. The zero-order chi connectivity index (χ0) is 23.1. The first kappa shape index (κ1) is 19.9. The summed E-state index contributed by atoms with van der Waals surface area (Å²) in [6, 6.07) is 5.55. The second-order valence-electron chi connectivity index (χ2n) is 9.19. The van der Waals surface area contributed by atoms with Crippen molar-refractivity contribution in [3.05, 3.63) is 40.5 Å². The van der Waals surface area contributed by atoms with Gasteiger partial charge in [-0.2, -0.15) is 19.6 Å². The maximum Gasteiger partial charge on any atom is 0.371 e. The monoisotopic (exact) mass is 464 g/mol. The SMILES string of the molecule is CC(C)(C)OC(=O)c1ccc(-c2cc(NC3CC3)n3ncc(/C=C4/C(=O)N5C(=O)N45)c3n2)s1. The first-order chi connectivity index (χ1) is 15.7. The van der Waals surface area contributed by atoms with Gasteiger partial charge in [0, 0.05) is 17.7 Å². The highest BCUT2D eigenvalue weighted by Gasteiger charge is 2.63. The Hall–Kier alpha value is -3.73. The van der Waals surface area contributed by atoms with Crippen LogP contribution in [-0.4, -0.2) is 54.2 Å². The van der Waals surface area contributed by atoms with Gasteiger partial charge >= 0.3 is 12.0 Å². The zero-order valence-corrected chi connectivity index (χ0v) is 19.0. The van der Waals surface area contributed by atoms with Crippen molar-refractivity contribution in [3.63, 3.8) is 0 Å². The summed E-state index contributed by atoms with van der Waals surface area (Å²) in [5.41, 5.74) is 1.59. The summed E-state index contributed by atoms with van der Waals surface area (Å²) in [5, 5.41) is 10.3. The number of imide groups is 1. The van der Waals surface area contributed by atoms with Gasteiger partial charge in [0.2, 0.25) is 0 Å². The highest BCUT2D eigenvalue weighted by Crippen LogP contribution is 2.40. The number of amides is 3. The summed E-state index contributed by atoms with van der Waals surface area (Å²) >= 11 is 1.31. The van der Waals surface area contributed by atoms with Crippen LogP contribution in [-0.2, 0) is 9.53 Å². The van der Waals surface area contributed by atoms with Gasteiger partial charge in [-0.1, -0.05) is 0 Å². The van der Waals surface area contributed by atoms with Crippen molar-refractivity contribution < 1.29 is 19.1 Å². The molecule has 11 heteroatoms. The molecule has 6 rings (SSSR count). The highest BCUT2D eigenvalue weighted by molar-refractivity contribution is 7.17. The van der Waals surface area contributed by atoms with Crippen molar-refractivity contribution >= 4 is 46.8 Å². The Morgan fingerprint density at radius 3 is 2.70 bits per heavy atom. The van der Waals surface area contributed by atoms with Gasteiger partial charge < -0.3 is 10.1 Å². The molecule has 0 radical (unpaired) electrons. The Morgan fingerprint density at radius 1 is 1.24 bits per heavy atom. The molecule has 3 fully saturated rings. The fourth-order valence-electron chi connectivity index (χ4n) is 3.61. The number of hydrogen-bond acceptors (Lipinski definition) is 8. The molecule has 33 heavy (non-hydrogen) atoms. The topological polar surface area (TPSA) is 109 Å². The lowest BCUT2D eigenvalue weighted by atomic mass is 10.2. The summed E-state index contributed by atoms with van der Waals surface area (Å²) in [6.07, 6.45) is 5.42. The van der Waals surface area contributed by atoms with E-state index in [4.69, 9.17) is 9.72 Å². The molecule has 168 valence electrons. The van der Waals surface area contributed by atoms with Crippen molar-refractivity contribution in [1.82, 2.24) is 24.6 Å². The van der Waals surface area contributed by atoms with E-state index < -0.39 is 5.60 Å². The lowest BCUT2D eigenvalue weighted by Gasteiger charge is -2.18. The number of fused-ring (bicyclic) bond motifs is 2. The second kappa shape index (κ2) is 6.64. The zero-order valence-electron chi connectivity index (χ0n) is 18.2. The van der Waals surface area contributed by atoms with E-state index in [1.165, 1.54) is 16.3 Å². The fraction of sp³-hybridized carbons (Fsp3) is 0.318. The number of esters is 1. The van der Waals surface area contributed by atoms with Crippen LogP contribution in [0.4, 0.5) is 10.6 Å². The van der Waals surface area contributed by atoms with E-state index in [0.29, 0.717) is 33.5 Å². The summed E-state index contributed by atoms with van der Waals surface area (Å²) in [4.78, 5) is 42.2. The number of rotatable bonds is 5. The van der Waals surface area contributed by atoms with E-state index >= 15 is 0 Å². The first-order valence-corrected chi connectivity index (χ1v) is 11.4. The van der Waals surface area contributed by atoms with Crippen LogP contribution in [0.2, 0.25) is 0 Å². The molecule has 1 N–H and O–H groups in total. The lowest BCUT2D eigenvalue weighted by molar-refractivity contribution is -0.131. The maximum absolute atomic E-state index is 12.5. The normalized spacial score (nSPS) is 18.6. The molecule has 0 aromatic carbocycles. The Morgan fingerprint density at radius 2 is 2.03 bits per heavy atom. The van der Waals surface area contributed by atoms with Crippen molar-refractivity contribution in [2.45, 2.75) is 45.3 Å². The predicted octanol–water partition coefficient (Wildman–Crippen LogP) is 3.52. The Labute approximate surface area is 192 Å². The van der Waals surface area contributed by atoms with E-state index in [1.54, 1.807) is 22.9 Å². The number of ether oxygens (including phenoxy) is 1. The third-order valence-corrected chi connectivity index (χ3v) is 6.43. The molecular weight excluding hydrogens is 444 g/mol. The molecular formula is C22H20N6O4S. The quantitative estimate of drug-likeness (QED) is 0.266. The predicted molar refractivity (Wildman–Crippen MR) is 120 cm³/mol. The molecule has 10 nitrogen and oxygen atoms in total. The van der Waals surface area contributed by atoms with E-state index in [9.17, 15) is 14.4 Å². The molecule has 0 unspecified atom stereocenters. The number of carbonyl (C=O) groups excluding carboxylic acids is 3.